The van der Waals surface area contributed by atoms with Crippen LogP contribution in [0.1, 0.15) is 26.3 Å². The fourth-order valence-electron chi connectivity index (χ4n) is 1.68. The molecule has 0 heterocycles. The Balaban J connectivity index is 2.58. The average Bonchev–Trinajstić information content (AvgIpc) is 2.40. The molecule has 0 aliphatic carbocycles. The third-order valence-electron chi connectivity index (χ3n) is 2.98. The lowest BCUT2D eigenvalue weighted by Crippen LogP contribution is -2.39. The number of carbonyl (C=O) groups is 2. The van der Waals surface area contributed by atoms with Gasteiger partial charge in [-0.3, -0.25) is 9.59 Å². The number of benzene rings is 1. The molecule has 5 nitrogen and oxygen atoms in total. The standard InChI is InChI=1S/C15H23N3O2/c1-4-17-13(19)9-11-5-7-12(8-6-11)18-15(20)14(16)10(2)3/h5-8,10,14H,4,9,16H2,1-3H3,(H,17,19)(H,18,20)/t14-/m0/s1. The number of carbonyl (C=O) groups excluding carboxylic acids is 2. The summed E-state index contributed by atoms with van der Waals surface area (Å²) >= 11 is 0. The highest BCUT2D eigenvalue weighted by Crippen LogP contribution is 2.11. The van der Waals surface area contributed by atoms with Gasteiger partial charge in [0.1, 0.15) is 0 Å². The van der Waals surface area contributed by atoms with Crippen LogP contribution < -0.4 is 16.4 Å². The quantitative estimate of drug-likeness (QED) is 0.732. The number of likely N-dealkylation sites (N-methyl/N-ethyl adjacent to an activating group) is 1. The van der Waals surface area contributed by atoms with Gasteiger partial charge in [-0.2, -0.15) is 0 Å². The molecule has 0 spiro atoms. The summed E-state index contributed by atoms with van der Waals surface area (Å²) in [5, 5.41) is 5.51. The van der Waals surface area contributed by atoms with E-state index < -0.39 is 6.04 Å². The molecular formula is C15H23N3O2. The number of amides is 2. The summed E-state index contributed by atoms with van der Waals surface area (Å²) in [5.41, 5.74) is 7.36. The van der Waals surface area contributed by atoms with Crippen molar-refractivity contribution in [2.75, 3.05) is 11.9 Å². The van der Waals surface area contributed by atoms with Crippen molar-refractivity contribution in [2.24, 2.45) is 11.7 Å². The van der Waals surface area contributed by atoms with Crippen LogP contribution in [0.5, 0.6) is 0 Å². The maximum absolute atomic E-state index is 11.8. The normalized spacial score (nSPS) is 12.1. The first-order chi connectivity index (χ1) is 9.43. The van der Waals surface area contributed by atoms with Gasteiger partial charge in [0, 0.05) is 12.2 Å². The van der Waals surface area contributed by atoms with E-state index in [0.29, 0.717) is 18.7 Å². The summed E-state index contributed by atoms with van der Waals surface area (Å²) < 4.78 is 0. The van der Waals surface area contributed by atoms with E-state index in [9.17, 15) is 9.59 Å². The Morgan fingerprint density at radius 2 is 1.80 bits per heavy atom. The second-order valence-corrected chi connectivity index (χ2v) is 5.09. The van der Waals surface area contributed by atoms with Gasteiger partial charge in [0.15, 0.2) is 0 Å². The first-order valence-corrected chi connectivity index (χ1v) is 6.86. The molecule has 0 fully saturated rings. The molecule has 0 aliphatic heterocycles. The van der Waals surface area contributed by atoms with Gasteiger partial charge in [-0.15, -0.1) is 0 Å². The van der Waals surface area contributed by atoms with Crippen LogP contribution in [0.15, 0.2) is 24.3 Å². The molecular weight excluding hydrogens is 254 g/mol. The molecule has 0 saturated carbocycles. The molecule has 1 aromatic carbocycles. The predicted molar refractivity (Wildman–Crippen MR) is 80.3 cm³/mol. The van der Waals surface area contributed by atoms with E-state index in [1.807, 2.05) is 32.9 Å². The molecule has 0 unspecified atom stereocenters. The largest absolute Gasteiger partial charge is 0.356 e. The highest BCUT2D eigenvalue weighted by molar-refractivity contribution is 5.94. The van der Waals surface area contributed by atoms with Crippen LogP contribution in [0.25, 0.3) is 0 Å². The maximum atomic E-state index is 11.8. The Bertz CT molecular complexity index is 455. The molecule has 5 heteroatoms. The highest BCUT2D eigenvalue weighted by atomic mass is 16.2. The summed E-state index contributed by atoms with van der Waals surface area (Å²) in [7, 11) is 0. The topological polar surface area (TPSA) is 84.2 Å². The molecule has 4 N–H and O–H groups in total. The van der Waals surface area contributed by atoms with Gasteiger partial charge >= 0.3 is 0 Å². The Labute approximate surface area is 119 Å². The number of nitrogens with one attached hydrogen (secondary N) is 2. The van der Waals surface area contributed by atoms with Crippen molar-refractivity contribution >= 4 is 17.5 Å². The molecule has 0 radical (unpaired) electrons. The molecule has 0 aromatic heterocycles. The van der Waals surface area contributed by atoms with Crippen molar-refractivity contribution < 1.29 is 9.59 Å². The molecule has 110 valence electrons. The summed E-state index contributed by atoms with van der Waals surface area (Å²) in [6.45, 7) is 6.31. The van der Waals surface area contributed by atoms with Crippen molar-refractivity contribution in [3.63, 3.8) is 0 Å². The number of hydrogen-bond donors (Lipinski definition) is 3. The van der Waals surface area contributed by atoms with Crippen LogP contribution in [0.4, 0.5) is 5.69 Å². The van der Waals surface area contributed by atoms with E-state index in [4.69, 9.17) is 5.73 Å². The van der Waals surface area contributed by atoms with Crippen molar-refractivity contribution in [2.45, 2.75) is 33.2 Å². The Kier molecular flexibility index (Phi) is 6.18. The minimum Gasteiger partial charge on any atom is -0.356 e. The maximum Gasteiger partial charge on any atom is 0.241 e. The molecule has 1 aromatic rings. The van der Waals surface area contributed by atoms with E-state index in [0.717, 1.165) is 5.56 Å². The lowest BCUT2D eigenvalue weighted by Gasteiger charge is -2.15. The fourth-order valence-corrected chi connectivity index (χ4v) is 1.68. The highest BCUT2D eigenvalue weighted by Gasteiger charge is 2.17. The van der Waals surface area contributed by atoms with Crippen LogP contribution in [0, 0.1) is 5.92 Å². The van der Waals surface area contributed by atoms with Gasteiger partial charge in [0.25, 0.3) is 0 Å². The Morgan fingerprint density at radius 1 is 1.20 bits per heavy atom. The molecule has 2 amide bonds. The smallest absolute Gasteiger partial charge is 0.241 e. The van der Waals surface area contributed by atoms with Gasteiger partial charge in [0.2, 0.25) is 11.8 Å². The van der Waals surface area contributed by atoms with E-state index in [1.165, 1.54) is 0 Å². The number of nitrogens with two attached hydrogens (primary N) is 1. The Morgan fingerprint density at radius 3 is 2.30 bits per heavy atom. The van der Waals surface area contributed by atoms with E-state index in [-0.39, 0.29) is 17.7 Å². The summed E-state index contributed by atoms with van der Waals surface area (Å²) in [5.74, 6) is -0.116. The number of anilines is 1. The van der Waals surface area contributed by atoms with Crippen LogP contribution in [-0.4, -0.2) is 24.4 Å². The van der Waals surface area contributed by atoms with Gasteiger partial charge in [-0.05, 0) is 30.5 Å². The monoisotopic (exact) mass is 277 g/mol. The number of rotatable bonds is 6. The lowest BCUT2D eigenvalue weighted by molar-refractivity contribution is -0.120. The van der Waals surface area contributed by atoms with Crippen LogP contribution in [-0.2, 0) is 16.0 Å². The van der Waals surface area contributed by atoms with Crippen molar-refractivity contribution in [3.05, 3.63) is 29.8 Å². The minimum absolute atomic E-state index is 0.00823. The molecule has 0 saturated heterocycles. The average molecular weight is 277 g/mol. The van der Waals surface area contributed by atoms with Crippen molar-refractivity contribution in [3.8, 4) is 0 Å². The molecule has 20 heavy (non-hydrogen) atoms. The SMILES string of the molecule is CCNC(=O)Cc1ccc(NC(=O)[C@@H](N)C(C)C)cc1. The van der Waals surface area contributed by atoms with Gasteiger partial charge in [-0.25, -0.2) is 0 Å². The van der Waals surface area contributed by atoms with Crippen LogP contribution in [0.3, 0.4) is 0 Å². The van der Waals surface area contributed by atoms with E-state index >= 15 is 0 Å². The third-order valence-corrected chi connectivity index (χ3v) is 2.98. The van der Waals surface area contributed by atoms with Crippen LogP contribution in [0.2, 0.25) is 0 Å². The summed E-state index contributed by atoms with van der Waals surface area (Å²) in [4.78, 5) is 23.2. The van der Waals surface area contributed by atoms with Gasteiger partial charge in [-0.1, -0.05) is 26.0 Å². The molecule has 0 aliphatic rings. The first kappa shape index (κ1) is 16.2. The van der Waals surface area contributed by atoms with E-state index in [1.54, 1.807) is 12.1 Å². The molecule has 1 rings (SSSR count). The molecule has 1 atom stereocenters. The van der Waals surface area contributed by atoms with Crippen LogP contribution >= 0.6 is 0 Å². The van der Waals surface area contributed by atoms with Gasteiger partial charge in [0.05, 0.1) is 12.5 Å². The predicted octanol–water partition coefficient (Wildman–Crippen LogP) is 1.29. The number of hydrogen-bond acceptors (Lipinski definition) is 3. The summed E-state index contributed by atoms with van der Waals surface area (Å²) in [6, 6.07) is 6.68. The fraction of sp³-hybridized carbons (Fsp3) is 0.467. The lowest BCUT2D eigenvalue weighted by atomic mass is 10.0. The minimum atomic E-state index is -0.523. The summed E-state index contributed by atoms with van der Waals surface area (Å²) in [6.07, 6.45) is 0.341. The van der Waals surface area contributed by atoms with E-state index in [2.05, 4.69) is 10.6 Å². The van der Waals surface area contributed by atoms with Crippen molar-refractivity contribution in [1.29, 1.82) is 0 Å². The third kappa shape index (κ3) is 5.01. The Hall–Kier alpha value is -1.88. The zero-order valence-corrected chi connectivity index (χ0v) is 12.3. The zero-order chi connectivity index (χ0) is 15.1. The van der Waals surface area contributed by atoms with Crippen molar-refractivity contribution in [1.82, 2.24) is 5.32 Å². The second kappa shape index (κ2) is 7.65. The molecule has 0 bridgehead atoms. The van der Waals surface area contributed by atoms with Gasteiger partial charge < -0.3 is 16.4 Å². The first-order valence-electron chi connectivity index (χ1n) is 6.86. The second-order valence-electron chi connectivity index (χ2n) is 5.09. The zero-order valence-electron chi connectivity index (χ0n) is 12.3.